The SMILES string of the molecule is COC(=O)CC[C@@H]1NC(=O)[C@H](Cc2cc3ccccc3[nH]2)NC(=O)[C@@H]2CC(=O)O[C@H](C)[C@H](NC(=O)[C@@H](NC(=O)CNC(=O)[C@H](Cc3ccccc3)NC(C)=O)[C@@H](C)O)C(=O)N[C@@H](CC(C)C)C(=O)N[C@@H](CCCCNC(=O)CC[C@@H](C(=O)N[C@@H](Cc3ccc(O)cc3)C(=O)O)NC1=O)C(=O)N[C@@H](Cc1ccc(O)cc1)C(=O)N1CCC[C@H]1C(=O)N[C@@H](CO)C(=O)N2. The van der Waals surface area contributed by atoms with Crippen molar-refractivity contribution in [1.82, 2.24) is 84.3 Å². The highest BCUT2D eigenvalue weighted by atomic mass is 16.5. The molecular formula is C85H110N16O25. The van der Waals surface area contributed by atoms with Crippen LogP contribution in [0.25, 0.3) is 10.9 Å². The van der Waals surface area contributed by atoms with E-state index in [2.05, 4.69) is 79.4 Å². The number of nitrogens with zero attached hydrogens (tertiary/aromatic N) is 1. The van der Waals surface area contributed by atoms with Crippen molar-refractivity contribution in [2.75, 3.05) is 33.4 Å². The number of aromatic nitrogens is 1. The van der Waals surface area contributed by atoms with Crippen LogP contribution >= 0.6 is 0 Å². The normalized spacial score (nSPS) is 23.1. The van der Waals surface area contributed by atoms with E-state index in [0.29, 0.717) is 27.6 Å². The van der Waals surface area contributed by atoms with E-state index in [1.165, 1.54) is 55.5 Å². The number of hydrogen-bond acceptors (Lipinski definition) is 24. The number of aromatic amines is 1. The Balaban J connectivity index is 1.26. The molecule has 0 radical (unpaired) electrons. The first kappa shape index (κ1) is 97.8. The summed E-state index contributed by atoms with van der Waals surface area (Å²) in [6.45, 7) is 4.06. The van der Waals surface area contributed by atoms with Gasteiger partial charge < -0.3 is 119 Å². The van der Waals surface area contributed by atoms with E-state index in [-0.39, 0.29) is 88.1 Å². The molecule has 126 heavy (non-hydrogen) atoms. The Kier molecular flexibility index (Phi) is 36.7. The number of phenols is 2. The number of rotatable bonds is 25. The number of fused-ring (bicyclic) bond motifs is 13. The number of H-pyrrole nitrogens is 1. The number of benzene rings is 4. The fourth-order valence-electron chi connectivity index (χ4n) is 14.4. The minimum Gasteiger partial charge on any atom is -0.508 e. The summed E-state index contributed by atoms with van der Waals surface area (Å²) in [5, 5.41) is 88.2. The van der Waals surface area contributed by atoms with E-state index >= 15 is 38.4 Å². The Bertz CT molecular complexity index is 4710. The van der Waals surface area contributed by atoms with Crippen LogP contribution in [0.1, 0.15) is 128 Å². The van der Waals surface area contributed by atoms with E-state index in [0.717, 1.165) is 25.9 Å². The highest BCUT2D eigenvalue weighted by Crippen LogP contribution is 2.24. The van der Waals surface area contributed by atoms with Crippen molar-refractivity contribution in [2.45, 2.75) is 222 Å². The number of aliphatic carboxylic acids is 1. The van der Waals surface area contributed by atoms with Crippen LogP contribution in [0, 0.1) is 5.92 Å². The number of carbonyl (C=O) groups excluding carboxylic acids is 17. The third kappa shape index (κ3) is 29.8. The number of methoxy groups -OCH3 is 1. The predicted molar refractivity (Wildman–Crippen MR) is 446 cm³/mol. The van der Waals surface area contributed by atoms with Gasteiger partial charge in [-0.1, -0.05) is 86.6 Å². The van der Waals surface area contributed by atoms with Gasteiger partial charge in [0.05, 0.1) is 32.8 Å². The number of para-hydroxylation sites is 1. The molecule has 3 fully saturated rings. The number of phenolic OH excluding ortho intramolecular Hbond substituents is 2. The third-order valence-corrected chi connectivity index (χ3v) is 21.1. The van der Waals surface area contributed by atoms with Gasteiger partial charge in [-0.25, -0.2) is 4.79 Å². The second-order valence-corrected chi connectivity index (χ2v) is 31.5. The van der Waals surface area contributed by atoms with Gasteiger partial charge in [-0.3, -0.25) is 81.5 Å². The van der Waals surface area contributed by atoms with E-state index < -0.39 is 255 Å². The maximum Gasteiger partial charge on any atom is 0.326 e. The second kappa shape index (κ2) is 47.3. The van der Waals surface area contributed by atoms with E-state index in [1.54, 1.807) is 74.5 Å². The summed E-state index contributed by atoms with van der Waals surface area (Å²) in [7, 11) is 1.02. The highest BCUT2D eigenvalue weighted by molar-refractivity contribution is 6.02. The standard InChI is InChI=1S/C85H110N16O25/c1-44(2)35-59-77(115)90-56-19-12-13-33-86-67(107)31-29-57(76(114)97-64(85(123)124)38-50-23-27-54(106)28-24-50)91-75(113)58(30-32-69(109)125-6)92-78(116)61(40-52-39-51-17-10-11-18-55(51)89-52)93-79(117)62(94-80(118)65(43-102)98-81(119)66-20-14-34-101(66)84(122)63(96-74(56)112)37-49-21-25-53(105)26-22-49)41-70(110)126-46(4)72(83(121)95-59)100-82(120)71(45(3)103)99-68(108)42-87-73(111)60(88-47(5)104)36-48-15-8-7-9-16-48/h7-11,15-18,21-28,39,44-46,56-66,71-72,89,102-103,105-106H,12-14,19-20,29-38,40-43H2,1-6H3,(H,86,107)(H,87,111)(H,88,104)(H,90,115)(H,91,113)(H,92,116)(H,93,117)(H,94,118)(H,95,121)(H,96,112)(H,97,114)(H,98,119)(H,99,108)(H,100,120)(H,123,124)/t45-,46-,56+,57+,58+,59+,60+,61+,62+,63+,64+,65+,66+,71+,72+/m1/s1. The molecule has 20 N–H and O–H groups in total. The van der Waals surface area contributed by atoms with Gasteiger partial charge in [0.2, 0.25) is 88.6 Å². The lowest BCUT2D eigenvalue weighted by atomic mass is 10.00. The average molecular weight is 1760 g/mol. The molecule has 3 aliphatic rings. The maximum atomic E-state index is 15.6. The molecule has 8 rings (SSSR count). The Morgan fingerprint density at radius 1 is 0.595 bits per heavy atom. The number of amides is 15. The number of carboxylic acid groups (broad SMARTS) is 1. The molecule has 15 amide bonds. The molecule has 15 atom stereocenters. The first-order valence-electron chi connectivity index (χ1n) is 41.4. The van der Waals surface area contributed by atoms with Crippen molar-refractivity contribution >= 4 is 117 Å². The monoisotopic (exact) mass is 1750 g/mol. The number of carbonyl (C=O) groups is 18. The molecule has 4 heterocycles. The maximum absolute atomic E-state index is 15.6. The third-order valence-electron chi connectivity index (χ3n) is 21.1. The summed E-state index contributed by atoms with van der Waals surface area (Å²) >= 11 is 0. The lowest BCUT2D eigenvalue weighted by Crippen LogP contribution is -2.63. The van der Waals surface area contributed by atoms with E-state index in [1.807, 2.05) is 0 Å². The van der Waals surface area contributed by atoms with Crippen LogP contribution in [0.3, 0.4) is 0 Å². The molecule has 2 bridgehead atoms. The fourth-order valence-corrected chi connectivity index (χ4v) is 14.4. The van der Waals surface area contributed by atoms with Crippen molar-refractivity contribution in [3.05, 3.63) is 132 Å². The van der Waals surface area contributed by atoms with Gasteiger partial charge >= 0.3 is 17.9 Å². The van der Waals surface area contributed by atoms with Crippen molar-refractivity contribution in [1.29, 1.82) is 0 Å². The lowest BCUT2D eigenvalue weighted by Gasteiger charge is -2.31. The Labute approximate surface area is 724 Å². The smallest absolute Gasteiger partial charge is 0.326 e. The quantitative estimate of drug-likeness (QED) is 0.0254. The van der Waals surface area contributed by atoms with Crippen LogP contribution in [0.2, 0.25) is 0 Å². The summed E-state index contributed by atoms with van der Waals surface area (Å²) in [4.78, 5) is 265. The van der Waals surface area contributed by atoms with Crippen LogP contribution in [0.4, 0.5) is 0 Å². The molecule has 5 aromatic rings. The number of aliphatic hydroxyl groups is 2. The molecule has 3 aliphatic heterocycles. The van der Waals surface area contributed by atoms with Crippen LogP contribution in [0.15, 0.2) is 109 Å². The number of nitrogens with one attached hydrogen (secondary N) is 15. The largest absolute Gasteiger partial charge is 0.508 e. The molecule has 3 saturated heterocycles. The first-order valence-corrected chi connectivity index (χ1v) is 41.4. The Morgan fingerprint density at radius 2 is 1.19 bits per heavy atom. The first-order chi connectivity index (χ1) is 59.9. The number of hydrogen-bond donors (Lipinski definition) is 20. The van der Waals surface area contributed by atoms with Crippen molar-refractivity contribution in [3.8, 4) is 11.5 Å². The molecule has 1 aromatic heterocycles. The van der Waals surface area contributed by atoms with Crippen LogP contribution < -0.4 is 74.4 Å². The Hall–Kier alpha value is -13.6. The summed E-state index contributed by atoms with van der Waals surface area (Å²) in [6.07, 6.45) is -9.59. The van der Waals surface area contributed by atoms with Gasteiger partial charge in [0.25, 0.3) is 0 Å². The number of aromatic hydroxyl groups is 2. The molecule has 41 nitrogen and oxygen atoms in total. The number of carboxylic acids is 1. The molecule has 41 heteroatoms. The van der Waals surface area contributed by atoms with Gasteiger partial charge in [0, 0.05) is 69.7 Å². The highest BCUT2D eigenvalue weighted by Gasteiger charge is 2.44. The van der Waals surface area contributed by atoms with Gasteiger partial charge in [0.1, 0.15) is 96.1 Å². The van der Waals surface area contributed by atoms with Gasteiger partial charge in [-0.05, 0) is 130 Å². The van der Waals surface area contributed by atoms with Crippen LogP contribution in [-0.2, 0) is 121 Å². The predicted octanol–water partition coefficient (Wildman–Crippen LogP) is -3.33. The van der Waals surface area contributed by atoms with Crippen molar-refractivity contribution in [2.24, 2.45) is 5.92 Å². The van der Waals surface area contributed by atoms with Crippen molar-refractivity contribution in [3.63, 3.8) is 0 Å². The van der Waals surface area contributed by atoms with Crippen LogP contribution in [-0.4, -0.2) is 266 Å². The molecule has 0 spiro atoms. The van der Waals surface area contributed by atoms with Crippen molar-refractivity contribution < 1.29 is 121 Å². The zero-order valence-electron chi connectivity index (χ0n) is 70.4. The summed E-state index contributed by atoms with van der Waals surface area (Å²) < 4.78 is 10.7. The van der Waals surface area contributed by atoms with E-state index in [9.17, 15) is 73.5 Å². The van der Waals surface area contributed by atoms with Gasteiger partial charge in [-0.2, -0.15) is 0 Å². The lowest BCUT2D eigenvalue weighted by molar-refractivity contribution is -0.155. The summed E-state index contributed by atoms with van der Waals surface area (Å²) in [6, 6.07) is 3.75. The van der Waals surface area contributed by atoms with Gasteiger partial charge in [0.15, 0.2) is 0 Å². The molecule has 0 saturated carbocycles. The molecule has 680 valence electrons. The topological polar surface area (TPSA) is 614 Å². The van der Waals surface area contributed by atoms with Crippen LogP contribution in [0.5, 0.6) is 11.5 Å². The minimum absolute atomic E-state index is 0.0125. The Morgan fingerprint density at radius 3 is 1.84 bits per heavy atom. The summed E-state index contributed by atoms with van der Waals surface area (Å²) in [5.74, 6) is -21.6. The second-order valence-electron chi connectivity index (χ2n) is 31.5. The minimum atomic E-state index is -2.33. The molecule has 4 aromatic carbocycles. The van der Waals surface area contributed by atoms with E-state index in [4.69, 9.17) is 9.47 Å². The zero-order chi connectivity index (χ0) is 92.0. The molecule has 0 unspecified atom stereocenters. The molecule has 0 aliphatic carbocycles. The van der Waals surface area contributed by atoms with Gasteiger partial charge in [-0.15, -0.1) is 0 Å². The number of esters is 2. The molecular weight excluding hydrogens is 1650 g/mol. The number of aliphatic hydroxyl groups excluding tert-OH is 2. The fraction of sp³-hybridized carbons (Fsp3) is 0.482. The zero-order valence-corrected chi connectivity index (χ0v) is 70.4. The summed E-state index contributed by atoms with van der Waals surface area (Å²) in [5.41, 5.74) is 2.00. The average Bonchev–Trinajstić information content (AvgIpc) is 1.66. The number of ether oxygens (including phenoxy) is 2.